The van der Waals surface area contributed by atoms with Gasteiger partial charge in [-0.25, -0.2) is 0 Å². The number of hydrogen-bond acceptors (Lipinski definition) is 3. The molecule has 0 N–H and O–H groups in total. The van der Waals surface area contributed by atoms with Crippen LogP contribution in [0.5, 0.6) is 0 Å². The third kappa shape index (κ3) is 8.20. The minimum atomic E-state index is 0.0385. The standard InChI is InChI=1S/C15H26O3/c1-11(7-13(3)17-5)9-15(16)10-12(2)8-14(4)18-6/h9-10,13-14H,7-8H2,1-6H3. The van der Waals surface area contributed by atoms with E-state index in [1.165, 1.54) is 0 Å². The quantitative estimate of drug-likeness (QED) is 0.623. The van der Waals surface area contributed by atoms with Gasteiger partial charge < -0.3 is 9.47 Å². The Hall–Kier alpha value is -0.930. The summed E-state index contributed by atoms with van der Waals surface area (Å²) in [6, 6.07) is 0. The molecule has 0 aromatic heterocycles. The average Bonchev–Trinajstić information content (AvgIpc) is 2.27. The van der Waals surface area contributed by atoms with Crippen molar-refractivity contribution in [3.63, 3.8) is 0 Å². The molecule has 0 amide bonds. The van der Waals surface area contributed by atoms with Crippen LogP contribution in [-0.4, -0.2) is 32.2 Å². The minimum Gasteiger partial charge on any atom is -0.381 e. The van der Waals surface area contributed by atoms with Crippen LogP contribution in [0.3, 0.4) is 0 Å². The molecular weight excluding hydrogens is 228 g/mol. The largest absolute Gasteiger partial charge is 0.381 e. The van der Waals surface area contributed by atoms with Gasteiger partial charge in [-0.15, -0.1) is 0 Å². The van der Waals surface area contributed by atoms with E-state index in [9.17, 15) is 4.79 Å². The zero-order chi connectivity index (χ0) is 14.1. The smallest absolute Gasteiger partial charge is 0.178 e. The number of hydrogen-bond donors (Lipinski definition) is 0. The molecule has 0 heterocycles. The molecule has 0 spiro atoms. The van der Waals surface area contributed by atoms with Crippen molar-refractivity contribution in [2.75, 3.05) is 14.2 Å². The normalized spacial score (nSPS) is 16.6. The Morgan fingerprint density at radius 2 is 1.28 bits per heavy atom. The van der Waals surface area contributed by atoms with Crippen molar-refractivity contribution in [3.05, 3.63) is 23.3 Å². The molecule has 2 atom stereocenters. The molecule has 0 aliphatic rings. The molecule has 0 bridgehead atoms. The van der Waals surface area contributed by atoms with Crippen molar-refractivity contribution in [3.8, 4) is 0 Å². The number of ether oxygens (including phenoxy) is 2. The molecule has 0 fully saturated rings. The third-order valence-corrected chi connectivity index (χ3v) is 2.80. The second-order valence-electron chi connectivity index (χ2n) is 4.88. The van der Waals surface area contributed by atoms with Crippen LogP contribution >= 0.6 is 0 Å². The first kappa shape index (κ1) is 17.1. The Balaban J connectivity index is 4.39. The zero-order valence-electron chi connectivity index (χ0n) is 12.4. The van der Waals surface area contributed by atoms with E-state index < -0.39 is 0 Å². The maximum Gasteiger partial charge on any atom is 0.178 e. The fourth-order valence-electron chi connectivity index (χ4n) is 1.72. The number of carbonyl (C=O) groups excluding carboxylic acids is 1. The molecule has 2 unspecified atom stereocenters. The van der Waals surface area contributed by atoms with E-state index in [4.69, 9.17) is 9.47 Å². The van der Waals surface area contributed by atoms with Crippen molar-refractivity contribution in [2.45, 2.75) is 52.7 Å². The van der Waals surface area contributed by atoms with E-state index >= 15 is 0 Å². The van der Waals surface area contributed by atoms with Crippen LogP contribution < -0.4 is 0 Å². The van der Waals surface area contributed by atoms with E-state index in [0.29, 0.717) is 0 Å². The van der Waals surface area contributed by atoms with E-state index in [1.807, 2.05) is 27.7 Å². The van der Waals surface area contributed by atoms with Gasteiger partial charge >= 0.3 is 0 Å². The summed E-state index contributed by atoms with van der Waals surface area (Å²) in [5.74, 6) is 0.0385. The number of ketones is 1. The average molecular weight is 254 g/mol. The molecule has 0 saturated heterocycles. The highest BCUT2D eigenvalue weighted by molar-refractivity contribution is 6.00. The van der Waals surface area contributed by atoms with E-state index in [1.54, 1.807) is 26.4 Å². The molecule has 3 nitrogen and oxygen atoms in total. The van der Waals surface area contributed by atoms with Gasteiger partial charge in [0.15, 0.2) is 5.78 Å². The van der Waals surface area contributed by atoms with Crippen molar-refractivity contribution in [1.29, 1.82) is 0 Å². The van der Waals surface area contributed by atoms with Crippen LogP contribution in [0.25, 0.3) is 0 Å². The van der Waals surface area contributed by atoms with E-state index in [0.717, 1.165) is 24.0 Å². The van der Waals surface area contributed by atoms with Crippen LogP contribution in [0.2, 0.25) is 0 Å². The zero-order valence-corrected chi connectivity index (χ0v) is 12.4. The first-order valence-corrected chi connectivity index (χ1v) is 6.33. The van der Waals surface area contributed by atoms with E-state index in [2.05, 4.69) is 0 Å². The second kappa shape index (κ2) is 9.06. The number of carbonyl (C=O) groups is 1. The highest BCUT2D eigenvalue weighted by atomic mass is 16.5. The number of rotatable bonds is 8. The maximum atomic E-state index is 11.8. The summed E-state index contributed by atoms with van der Waals surface area (Å²) in [4.78, 5) is 11.8. The molecule has 0 radical (unpaired) electrons. The molecule has 18 heavy (non-hydrogen) atoms. The first-order valence-electron chi connectivity index (χ1n) is 6.33. The van der Waals surface area contributed by atoms with Crippen molar-refractivity contribution in [2.24, 2.45) is 0 Å². The van der Waals surface area contributed by atoms with Gasteiger partial charge in [-0.1, -0.05) is 11.1 Å². The Bertz CT molecular complexity index is 286. The highest BCUT2D eigenvalue weighted by Crippen LogP contribution is 2.10. The Morgan fingerprint density at radius 3 is 1.56 bits per heavy atom. The lowest BCUT2D eigenvalue weighted by atomic mass is 10.1. The Morgan fingerprint density at radius 1 is 0.944 bits per heavy atom. The van der Waals surface area contributed by atoms with Crippen LogP contribution in [0.15, 0.2) is 23.3 Å². The second-order valence-corrected chi connectivity index (χ2v) is 4.88. The topological polar surface area (TPSA) is 35.5 Å². The molecule has 0 aliphatic heterocycles. The van der Waals surface area contributed by atoms with Gasteiger partial charge in [0, 0.05) is 14.2 Å². The fourth-order valence-corrected chi connectivity index (χ4v) is 1.72. The lowest BCUT2D eigenvalue weighted by molar-refractivity contribution is -0.110. The molecule has 0 saturated carbocycles. The van der Waals surface area contributed by atoms with Gasteiger partial charge in [0.25, 0.3) is 0 Å². The highest BCUT2D eigenvalue weighted by Gasteiger charge is 2.04. The summed E-state index contributed by atoms with van der Waals surface area (Å²) in [5, 5.41) is 0. The number of methoxy groups -OCH3 is 2. The van der Waals surface area contributed by atoms with Gasteiger partial charge in [-0.3, -0.25) is 4.79 Å². The Kier molecular flexibility index (Phi) is 8.59. The molecule has 0 aliphatic carbocycles. The predicted molar refractivity (Wildman–Crippen MR) is 74.7 cm³/mol. The molecule has 0 rings (SSSR count). The van der Waals surface area contributed by atoms with Gasteiger partial charge in [-0.2, -0.15) is 0 Å². The van der Waals surface area contributed by atoms with Gasteiger partial charge in [0.2, 0.25) is 0 Å². The molecule has 0 aromatic carbocycles. The lowest BCUT2D eigenvalue weighted by Gasteiger charge is -2.09. The van der Waals surface area contributed by atoms with Crippen LogP contribution in [0.1, 0.15) is 40.5 Å². The number of allylic oxidation sites excluding steroid dienone is 2. The predicted octanol–water partition coefficient (Wildman–Crippen LogP) is 3.30. The van der Waals surface area contributed by atoms with Crippen LogP contribution in [-0.2, 0) is 14.3 Å². The van der Waals surface area contributed by atoms with Crippen molar-refractivity contribution < 1.29 is 14.3 Å². The van der Waals surface area contributed by atoms with Crippen LogP contribution in [0.4, 0.5) is 0 Å². The summed E-state index contributed by atoms with van der Waals surface area (Å²) in [6.07, 6.45) is 5.21. The summed E-state index contributed by atoms with van der Waals surface area (Å²) < 4.78 is 10.3. The molecule has 0 aromatic rings. The fraction of sp³-hybridized carbons (Fsp3) is 0.667. The van der Waals surface area contributed by atoms with Crippen molar-refractivity contribution in [1.82, 2.24) is 0 Å². The third-order valence-electron chi connectivity index (χ3n) is 2.80. The summed E-state index contributed by atoms with van der Waals surface area (Å²) in [6.45, 7) is 7.88. The summed E-state index contributed by atoms with van der Waals surface area (Å²) in [7, 11) is 3.35. The van der Waals surface area contributed by atoms with Gasteiger partial charge in [0.05, 0.1) is 12.2 Å². The molecular formula is C15H26O3. The maximum absolute atomic E-state index is 11.8. The van der Waals surface area contributed by atoms with E-state index in [-0.39, 0.29) is 18.0 Å². The lowest BCUT2D eigenvalue weighted by Crippen LogP contribution is -2.06. The minimum absolute atomic E-state index is 0.0385. The van der Waals surface area contributed by atoms with Gasteiger partial charge in [-0.05, 0) is 52.7 Å². The van der Waals surface area contributed by atoms with Crippen LogP contribution in [0, 0.1) is 0 Å². The first-order chi connectivity index (χ1) is 8.38. The summed E-state index contributed by atoms with van der Waals surface area (Å²) >= 11 is 0. The Labute approximate surface area is 111 Å². The summed E-state index contributed by atoms with van der Waals surface area (Å²) in [5.41, 5.74) is 2.08. The van der Waals surface area contributed by atoms with Crippen molar-refractivity contribution >= 4 is 5.78 Å². The van der Waals surface area contributed by atoms with Gasteiger partial charge in [0.1, 0.15) is 0 Å². The monoisotopic (exact) mass is 254 g/mol. The molecule has 3 heteroatoms. The molecule has 104 valence electrons. The SMILES string of the molecule is COC(C)CC(C)=CC(=O)C=C(C)CC(C)OC.